The van der Waals surface area contributed by atoms with Gasteiger partial charge < -0.3 is 4.74 Å². The van der Waals surface area contributed by atoms with Crippen LogP contribution in [0.25, 0.3) is 11.5 Å². The zero-order chi connectivity index (χ0) is 13.1. The Labute approximate surface area is 110 Å². The molecule has 1 amide bonds. The normalized spacial score (nSPS) is 14.4. The molecule has 4 nitrogen and oxygen atoms in total. The SMILES string of the molecule is O=C1NNC(c2ccccc2)=C(c2ccccc2)O1. The molecular formula is C15H12N2O2. The summed E-state index contributed by atoms with van der Waals surface area (Å²) in [5.74, 6) is 0.524. The summed E-state index contributed by atoms with van der Waals surface area (Å²) in [6.07, 6.45) is -0.515. The molecule has 0 spiro atoms. The summed E-state index contributed by atoms with van der Waals surface area (Å²) in [6, 6.07) is 19.2. The van der Waals surface area contributed by atoms with Crippen LogP contribution in [0.4, 0.5) is 4.79 Å². The summed E-state index contributed by atoms with van der Waals surface area (Å²) < 4.78 is 5.31. The van der Waals surface area contributed by atoms with Gasteiger partial charge in [-0.2, -0.15) is 0 Å². The van der Waals surface area contributed by atoms with Gasteiger partial charge in [0.1, 0.15) is 5.70 Å². The van der Waals surface area contributed by atoms with Crippen LogP contribution in [-0.4, -0.2) is 6.09 Å². The predicted octanol–water partition coefficient (Wildman–Crippen LogP) is 2.76. The number of hydrazine groups is 1. The number of benzene rings is 2. The van der Waals surface area contributed by atoms with Crippen LogP contribution in [-0.2, 0) is 4.74 Å². The monoisotopic (exact) mass is 252 g/mol. The average molecular weight is 252 g/mol. The summed E-state index contributed by atoms with van der Waals surface area (Å²) >= 11 is 0. The molecule has 2 N–H and O–H groups in total. The van der Waals surface area contributed by atoms with Crippen LogP contribution in [0.1, 0.15) is 11.1 Å². The molecule has 94 valence electrons. The lowest BCUT2D eigenvalue weighted by Crippen LogP contribution is -2.41. The summed E-state index contributed by atoms with van der Waals surface area (Å²) in [5.41, 5.74) is 7.89. The largest absolute Gasteiger partial charge is 0.431 e. The van der Waals surface area contributed by atoms with Crippen molar-refractivity contribution in [2.24, 2.45) is 0 Å². The lowest BCUT2D eigenvalue weighted by Gasteiger charge is -2.22. The zero-order valence-corrected chi connectivity index (χ0v) is 10.1. The fourth-order valence-electron chi connectivity index (χ4n) is 1.94. The maximum absolute atomic E-state index is 11.4. The Hall–Kier alpha value is -2.75. The molecule has 1 aliphatic rings. The van der Waals surface area contributed by atoms with Crippen LogP contribution in [0.3, 0.4) is 0 Å². The number of rotatable bonds is 2. The molecule has 0 saturated carbocycles. The van der Waals surface area contributed by atoms with Crippen molar-refractivity contribution in [2.45, 2.75) is 0 Å². The van der Waals surface area contributed by atoms with Gasteiger partial charge in [-0.25, -0.2) is 10.2 Å². The van der Waals surface area contributed by atoms with Crippen LogP contribution < -0.4 is 10.9 Å². The molecule has 1 aliphatic heterocycles. The van der Waals surface area contributed by atoms with Gasteiger partial charge in [0.25, 0.3) is 0 Å². The van der Waals surface area contributed by atoms with E-state index in [4.69, 9.17) is 4.74 Å². The summed E-state index contributed by atoms with van der Waals surface area (Å²) in [4.78, 5) is 11.4. The molecule has 19 heavy (non-hydrogen) atoms. The number of hydrogen-bond donors (Lipinski definition) is 2. The molecule has 0 bridgehead atoms. The lowest BCUT2D eigenvalue weighted by molar-refractivity contribution is 0.185. The Morgan fingerprint density at radius 2 is 1.32 bits per heavy atom. The van der Waals surface area contributed by atoms with E-state index in [0.717, 1.165) is 16.8 Å². The van der Waals surface area contributed by atoms with E-state index in [1.165, 1.54) is 0 Å². The smallest absolute Gasteiger partial charge is 0.406 e. The van der Waals surface area contributed by atoms with Gasteiger partial charge in [0.05, 0.1) is 0 Å². The Morgan fingerprint density at radius 1 is 0.737 bits per heavy atom. The zero-order valence-electron chi connectivity index (χ0n) is 10.1. The Balaban J connectivity index is 2.13. The second-order valence-corrected chi connectivity index (χ2v) is 4.08. The molecular weight excluding hydrogens is 240 g/mol. The molecule has 0 aromatic heterocycles. The summed E-state index contributed by atoms with van der Waals surface area (Å²) in [6.45, 7) is 0. The molecule has 2 aromatic rings. The van der Waals surface area contributed by atoms with E-state index < -0.39 is 6.09 Å². The van der Waals surface area contributed by atoms with Gasteiger partial charge in [-0.05, 0) is 0 Å². The number of carbonyl (C=O) groups is 1. The molecule has 0 aliphatic carbocycles. The summed E-state index contributed by atoms with van der Waals surface area (Å²) in [5, 5.41) is 0. The molecule has 0 radical (unpaired) electrons. The van der Waals surface area contributed by atoms with Crippen LogP contribution in [0, 0.1) is 0 Å². The van der Waals surface area contributed by atoms with Gasteiger partial charge in [0, 0.05) is 11.1 Å². The van der Waals surface area contributed by atoms with Crippen molar-refractivity contribution < 1.29 is 9.53 Å². The third-order valence-electron chi connectivity index (χ3n) is 2.81. The quantitative estimate of drug-likeness (QED) is 0.864. The second kappa shape index (κ2) is 4.86. The molecule has 0 unspecified atom stereocenters. The van der Waals surface area contributed by atoms with Crippen LogP contribution in [0.2, 0.25) is 0 Å². The van der Waals surface area contributed by atoms with Crippen molar-refractivity contribution in [3.8, 4) is 0 Å². The number of ether oxygens (including phenoxy) is 1. The van der Waals surface area contributed by atoms with Crippen molar-refractivity contribution >= 4 is 17.5 Å². The second-order valence-electron chi connectivity index (χ2n) is 4.08. The fraction of sp³-hybridized carbons (Fsp3) is 0. The van der Waals surface area contributed by atoms with E-state index in [2.05, 4.69) is 10.9 Å². The Bertz CT molecular complexity index is 621. The van der Waals surface area contributed by atoms with E-state index in [1.807, 2.05) is 60.7 Å². The lowest BCUT2D eigenvalue weighted by atomic mass is 10.1. The number of carbonyl (C=O) groups excluding carboxylic acids is 1. The van der Waals surface area contributed by atoms with E-state index in [-0.39, 0.29) is 0 Å². The summed E-state index contributed by atoms with van der Waals surface area (Å²) in [7, 11) is 0. The van der Waals surface area contributed by atoms with Gasteiger partial charge in [-0.1, -0.05) is 60.7 Å². The minimum Gasteiger partial charge on any atom is -0.406 e. The Morgan fingerprint density at radius 3 is 1.95 bits per heavy atom. The average Bonchev–Trinajstić information content (AvgIpc) is 2.49. The van der Waals surface area contributed by atoms with E-state index in [0.29, 0.717) is 5.76 Å². The first-order chi connectivity index (χ1) is 9.34. The molecule has 0 saturated heterocycles. The van der Waals surface area contributed by atoms with Gasteiger partial charge in [-0.15, -0.1) is 0 Å². The standard InChI is InChI=1S/C15H12N2O2/c18-15-17-16-13(11-7-3-1-4-8-11)14(19-15)12-9-5-2-6-10-12/h1-10,16H,(H,17,18). The first-order valence-electron chi connectivity index (χ1n) is 5.93. The number of hydrogen-bond acceptors (Lipinski definition) is 3. The van der Waals surface area contributed by atoms with Gasteiger partial charge in [-0.3, -0.25) is 5.43 Å². The maximum atomic E-state index is 11.4. The first-order valence-corrected chi connectivity index (χ1v) is 5.93. The van der Waals surface area contributed by atoms with Crippen LogP contribution in [0.5, 0.6) is 0 Å². The first kappa shape index (κ1) is 11.3. The fourth-order valence-corrected chi connectivity index (χ4v) is 1.94. The molecule has 0 atom stereocenters. The Kier molecular flexibility index (Phi) is 2.90. The molecule has 0 fully saturated rings. The van der Waals surface area contributed by atoms with E-state index >= 15 is 0 Å². The maximum Gasteiger partial charge on any atom is 0.431 e. The van der Waals surface area contributed by atoms with E-state index in [1.54, 1.807) is 0 Å². The molecule has 3 rings (SSSR count). The van der Waals surface area contributed by atoms with Crippen molar-refractivity contribution in [1.82, 2.24) is 10.9 Å². The van der Waals surface area contributed by atoms with Crippen molar-refractivity contribution in [1.29, 1.82) is 0 Å². The van der Waals surface area contributed by atoms with Crippen molar-refractivity contribution in [3.05, 3.63) is 71.8 Å². The highest BCUT2D eigenvalue weighted by atomic mass is 16.6. The highest BCUT2D eigenvalue weighted by Gasteiger charge is 2.21. The third-order valence-corrected chi connectivity index (χ3v) is 2.81. The third kappa shape index (κ3) is 2.28. The minimum atomic E-state index is -0.515. The number of nitrogens with one attached hydrogen (secondary N) is 2. The van der Waals surface area contributed by atoms with Gasteiger partial charge >= 0.3 is 6.09 Å². The number of amides is 1. The highest BCUT2D eigenvalue weighted by Crippen LogP contribution is 2.27. The molecule has 4 heteroatoms. The minimum absolute atomic E-state index is 0.515. The highest BCUT2D eigenvalue weighted by molar-refractivity contribution is 5.93. The topological polar surface area (TPSA) is 50.4 Å². The molecule has 1 heterocycles. The van der Waals surface area contributed by atoms with Crippen molar-refractivity contribution in [3.63, 3.8) is 0 Å². The van der Waals surface area contributed by atoms with Gasteiger partial charge in [0.2, 0.25) is 0 Å². The van der Waals surface area contributed by atoms with Crippen molar-refractivity contribution in [2.75, 3.05) is 0 Å². The van der Waals surface area contributed by atoms with E-state index in [9.17, 15) is 4.79 Å². The number of cyclic esters (lactones) is 1. The van der Waals surface area contributed by atoms with Gasteiger partial charge in [0.15, 0.2) is 5.76 Å². The molecule has 2 aromatic carbocycles. The predicted molar refractivity (Wildman–Crippen MR) is 72.5 cm³/mol. The van der Waals surface area contributed by atoms with Crippen LogP contribution in [0.15, 0.2) is 60.7 Å². The van der Waals surface area contributed by atoms with Crippen LogP contribution >= 0.6 is 0 Å².